The molecule has 0 bridgehead atoms. The summed E-state index contributed by atoms with van der Waals surface area (Å²) in [5, 5.41) is 2.53. The van der Waals surface area contributed by atoms with Gasteiger partial charge in [-0.25, -0.2) is 4.79 Å². The molecule has 0 aromatic heterocycles. The highest BCUT2D eigenvalue weighted by molar-refractivity contribution is 8.06. The van der Waals surface area contributed by atoms with Gasteiger partial charge in [0.15, 0.2) is 5.78 Å². The Balaban J connectivity index is 2.16. The molecule has 1 heterocycles. The van der Waals surface area contributed by atoms with Crippen molar-refractivity contribution < 1.29 is 14.3 Å². The normalized spacial score (nSPS) is 15.5. The first kappa shape index (κ1) is 18.0. The number of carbonyl (C=O) groups is 2. The van der Waals surface area contributed by atoms with E-state index in [0.29, 0.717) is 5.03 Å². The summed E-state index contributed by atoms with van der Waals surface area (Å²) in [5.74, 6) is -0.902. The van der Waals surface area contributed by atoms with Crippen LogP contribution >= 0.6 is 11.8 Å². The molecule has 132 valence electrons. The zero-order valence-corrected chi connectivity index (χ0v) is 15.5. The number of nitrogens with zero attached hydrogens (tertiary/aromatic N) is 1. The fourth-order valence-electron chi connectivity index (χ4n) is 2.72. The number of benzene rings is 2. The summed E-state index contributed by atoms with van der Waals surface area (Å²) < 4.78 is 5.12. The molecule has 1 aliphatic heterocycles. The average molecular weight is 365 g/mol. The number of hydrogen-bond donors (Lipinski definition) is 0. The summed E-state index contributed by atoms with van der Waals surface area (Å²) in [6.07, 6.45) is 0. The number of thioether (sulfide) groups is 1. The third kappa shape index (κ3) is 3.58. The molecule has 5 heteroatoms. The maximum absolute atomic E-state index is 12.4. The number of Topliss-reactive ketones (excluding diaryl/α,β-unsaturated/α-hetero) is 1. The third-order valence-corrected chi connectivity index (χ3v) is 4.81. The molecule has 2 aromatic carbocycles. The van der Waals surface area contributed by atoms with Gasteiger partial charge in [-0.3, -0.25) is 4.79 Å². The molecule has 0 saturated carbocycles. The highest BCUT2D eigenvalue weighted by Gasteiger charge is 2.32. The Bertz CT molecular complexity index is 873. The maximum atomic E-state index is 12.4. The van der Waals surface area contributed by atoms with Crippen LogP contribution in [-0.4, -0.2) is 18.4 Å². The van der Waals surface area contributed by atoms with Crippen molar-refractivity contribution in [1.82, 2.24) is 0 Å². The standard InChI is InChI=1S/C21H19NO3S/c1-3-25-21(24)19(15(2)23)20-22(17-12-8-5-9-13-17)18(14-26-20)16-10-6-4-7-11-16/h4-14H,3H2,1-2H3. The van der Waals surface area contributed by atoms with Crippen LogP contribution in [0.4, 0.5) is 5.69 Å². The first-order valence-corrected chi connectivity index (χ1v) is 9.21. The number of rotatable bonds is 5. The van der Waals surface area contributed by atoms with Crippen molar-refractivity contribution in [3.8, 4) is 0 Å². The minimum atomic E-state index is -0.592. The summed E-state index contributed by atoms with van der Waals surface area (Å²) in [6, 6.07) is 19.6. The number of hydrogen-bond acceptors (Lipinski definition) is 5. The number of ether oxygens (including phenoxy) is 1. The fourth-order valence-corrected chi connectivity index (χ4v) is 3.84. The molecule has 26 heavy (non-hydrogen) atoms. The lowest BCUT2D eigenvalue weighted by molar-refractivity contribution is -0.139. The van der Waals surface area contributed by atoms with Gasteiger partial charge in [0, 0.05) is 11.1 Å². The molecule has 0 N–H and O–H groups in total. The van der Waals surface area contributed by atoms with Crippen LogP contribution in [0.25, 0.3) is 5.70 Å². The van der Waals surface area contributed by atoms with Gasteiger partial charge in [-0.05, 0) is 31.5 Å². The second-order valence-corrected chi connectivity index (χ2v) is 6.47. The lowest BCUT2D eigenvalue weighted by atomic mass is 10.1. The second-order valence-electron chi connectivity index (χ2n) is 5.61. The first-order valence-electron chi connectivity index (χ1n) is 8.33. The Morgan fingerprint density at radius 1 is 1.00 bits per heavy atom. The van der Waals surface area contributed by atoms with Gasteiger partial charge >= 0.3 is 5.97 Å². The SMILES string of the molecule is CCOC(=O)C(C(C)=O)=C1SC=C(c2ccccc2)N1c1ccccc1. The number of para-hydroxylation sites is 1. The molecule has 0 fully saturated rings. The lowest BCUT2D eigenvalue weighted by Gasteiger charge is -2.25. The van der Waals surface area contributed by atoms with Crippen LogP contribution in [0.2, 0.25) is 0 Å². The molecular formula is C21H19NO3S. The van der Waals surface area contributed by atoms with E-state index in [9.17, 15) is 9.59 Å². The van der Waals surface area contributed by atoms with Crippen molar-refractivity contribution >= 4 is 34.9 Å². The van der Waals surface area contributed by atoms with Gasteiger partial charge in [0.05, 0.1) is 12.3 Å². The van der Waals surface area contributed by atoms with Crippen molar-refractivity contribution in [3.05, 3.63) is 82.2 Å². The van der Waals surface area contributed by atoms with Gasteiger partial charge in [0.25, 0.3) is 0 Å². The number of carbonyl (C=O) groups excluding carboxylic acids is 2. The van der Waals surface area contributed by atoms with Crippen molar-refractivity contribution in [2.45, 2.75) is 13.8 Å². The molecule has 3 rings (SSSR count). The van der Waals surface area contributed by atoms with E-state index in [2.05, 4.69) is 0 Å². The van der Waals surface area contributed by atoms with Gasteiger partial charge in [-0.2, -0.15) is 0 Å². The molecule has 0 saturated heterocycles. The smallest absolute Gasteiger partial charge is 0.344 e. The van der Waals surface area contributed by atoms with Crippen LogP contribution in [-0.2, 0) is 14.3 Å². The quantitative estimate of drug-likeness (QED) is 0.335. The molecule has 2 aromatic rings. The maximum Gasteiger partial charge on any atom is 0.344 e. The van der Waals surface area contributed by atoms with Crippen molar-refractivity contribution in [1.29, 1.82) is 0 Å². The van der Waals surface area contributed by atoms with E-state index >= 15 is 0 Å². The number of anilines is 1. The third-order valence-electron chi connectivity index (χ3n) is 3.86. The number of ketones is 1. The molecule has 0 radical (unpaired) electrons. The zero-order chi connectivity index (χ0) is 18.5. The Kier molecular flexibility index (Phi) is 5.58. The molecule has 0 aliphatic carbocycles. The summed E-state index contributed by atoms with van der Waals surface area (Å²) in [5.41, 5.74) is 2.87. The van der Waals surface area contributed by atoms with Gasteiger partial charge in [0.2, 0.25) is 0 Å². The van der Waals surface area contributed by atoms with Gasteiger partial charge in [-0.15, -0.1) is 0 Å². The van der Waals surface area contributed by atoms with E-state index in [1.165, 1.54) is 18.7 Å². The Morgan fingerprint density at radius 2 is 1.62 bits per heavy atom. The number of esters is 1. The monoisotopic (exact) mass is 365 g/mol. The highest BCUT2D eigenvalue weighted by Crippen LogP contribution is 2.44. The molecular weight excluding hydrogens is 346 g/mol. The summed E-state index contributed by atoms with van der Waals surface area (Å²) >= 11 is 1.36. The Hall–Kier alpha value is -2.79. The summed E-state index contributed by atoms with van der Waals surface area (Å²) in [7, 11) is 0. The molecule has 1 aliphatic rings. The lowest BCUT2D eigenvalue weighted by Crippen LogP contribution is -2.23. The molecule has 0 spiro atoms. The minimum absolute atomic E-state index is 0.0721. The van der Waals surface area contributed by atoms with Gasteiger partial charge in [-0.1, -0.05) is 60.3 Å². The van der Waals surface area contributed by atoms with Gasteiger partial charge in [0.1, 0.15) is 10.6 Å². The van der Waals surface area contributed by atoms with Crippen LogP contribution in [0, 0.1) is 0 Å². The Morgan fingerprint density at radius 3 is 2.19 bits per heavy atom. The van der Waals surface area contributed by atoms with Crippen LogP contribution in [0.15, 0.2) is 76.7 Å². The van der Waals surface area contributed by atoms with E-state index in [4.69, 9.17) is 4.74 Å². The van der Waals surface area contributed by atoms with E-state index in [-0.39, 0.29) is 18.0 Å². The summed E-state index contributed by atoms with van der Waals surface area (Å²) in [6.45, 7) is 3.34. The molecule has 0 unspecified atom stereocenters. The summed E-state index contributed by atoms with van der Waals surface area (Å²) in [4.78, 5) is 26.6. The second kappa shape index (κ2) is 8.06. The molecule has 0 atom stereocenters. The van der Waals surface area contributed by atoms with Crippen LogP contribution in [0.5, 0.6) is 0 Å². The topological polar surface area (TPSA) is 46.6 Å². The molecule has 4 nitrogen and oxygen atoms in total. The van der Waals surface area contributed by atoms with Crippen LogP contribution in [0.3, 0.4) is 0 Å². The predicted octanol–water partition coefficient (Wildman–Crippen LogP) is 4.60. The van der Waals surface area contributed by atoms with E-state index in [1.807, 2.05) is 71.0 Å². The van der Waals surface area contributed by atoms with E-state index in [1.54, 1.807) is 6.92 Å². The predicted molar refractivity (Wildman–Crippen MR) is 105 cm³/mol. The van der Waals surface area contributed by atoms with E-state index in [0.717, 1.165) is 16.9 Å². The van der Waals surface area contributed by atoms with Gasteiger partial charge < -0.3 is 9.64 Å². The average Bonchev–Trinajstić information content (AvgIpc) is 3.07. The van der Waals surface area contributed by atoms with E-state index < -0.39 is 5.97 Å². The molecule has 0 amide bonds. The van der Waals surface area contributed by atoms with Crippen LogP contribution in [0.1, 0.15) is 19.4 Å². The van der Waals surface area contributed by atoms with Crippen LogP contribution < -0.4 is 4.90 Å². The minimum Gasteiger partial charge on any atom is -0.462 e. The zero-order valence-electron chi connectivity index (χ0n) is 14.6. The first-order chi connectivity index (χ1) is 12.6. The van der Waals surface area contributed by atoms with Crippen molar-refractivity contribution in [2.24, 2.45) is 0 Å². The van der Waals surface area contributed by atoms with Crippen molar-refractivity contribution in [3.63, 3.8) is 0 Å². The fraction of sp³-hybridized carbons (Fsp3) is 0.143. The van der Waals surface area contributed by atoms with Crippen molar-refractivity contribution in [2.75, 3.05) is 11.5 Å². The largest absolute Gasteiger partial charge is 0.462 e. The highest BCUT2D eigenvalue weighted by atomic mass is 32.2. The Labute approximate surface area is 157 Å².